The van der Waals surface area contributed by atoms with Gasteiger partial charge in [-0.3, -0.25) is 4.79 Å². The summed E-state index contributed by atoms with van der Waals surface area (Å²) >= 11 is 1.63. The molecule has 1 amide bonds. The number of likely N-dealkylation sites (N-methyl/N-ethyl adjacent to an activating group) is 1. The highest BCUT2D eigenvalue weighted by atomic mass is 32.2. The molecule has 0 saturated heterocycles. The van der Waals surface area contributed by atoms with E-state index in [2.05, 4.69) is 4.98 Å². The van der Waals surface area contributed by atoms with Gasteiger partial charge in [-0.15, -0.1) is 0 Å². The molecule has 1 unspecified atom stereocenters. The third kappa shape index (κ3) is 3.90. The molecule has 0 bridgehead atoms. The van der Waals surface area contributed by atoms with Gasteiger partial charge >= 0.3 is 0 Å². The van der Waals surface area contributed by atoms with E-state index in [0.29, 0.717) is 5.56 Å². The lowest BCUT2D eigenvalue weighted by Gasteiger charge is -2.23. The average molecular weight is 319 g/mol. The van der Waals surface area contributed by atoms with Crippen molar-refractivity contribution in [2.45, 2.75) is 23.9 Å². The first kappa shape index (κ1) is 16.6. The third-order valence-electron chi connectivity index (χ3n) is 3.56. The van der Waals surface area contributed by atoms with Crippen molar-refractivity contribution < 1.29 is 9.90 Å². The van der Waals surface area contributed by atoms with Crippen molar-refractivity contribution in [3.8, 4) is 0 Å². The molecule has 0 spiro atoms. The fourth-order valence-electron chi connectivity index (χ4n) is 1.96. The van der Waals surface area contributed by atoms with Crippen LogP contribution in [0, 0.1) is 0 Å². The number of nitrogens with zero attached hydrogens (tertiary/aromatic N) is 3. The van der Waals surface area contributed by atoms with Crippen LogP contribution in [-0.2, 0) is 12.8 Å². The van der Waals surface area contributed by atoms with E-state index in [1.165, 1.54) is 0 Å². The van der Waals surface area contributed by atoms with Crippen molar-refractivity contribution in [3.63, 3.8) is 0 Å². The molecule has 1 aromatic heterocycles. The van der Waals surface area contributed by atoms with Gasteiger partial charge in [0.15, 0.2) is 5.16 Å². The van der Waals surface area contributed by atoms with E-state index in [1.807, 2.05) is 42.9 Å². The van der Waals surface area contributed by atoms with Crippen LogP contribution in [0.3, 0.4) is 0 Å². The van der Waals surface area contributed by atoms with Crippen LogP contribution >= 0.6 is 11.8 Å². The molecule has 2 rings (SSSR count). The van der Waals surface area contributed by atoms with Crippen molar-refractivity contribution in [3.05, 3.63) is 47.8 Å². The molecule has 0 radical (unpaired) electrons. The van der Waals surface area contributed by atoms with Crippen molar-refractivity contribution in [2.24, 2.45) is 7.05 Å². The number of amides is 1. The molecule has 5 nitrogen and oxygen atoms in total. The molecule has 1 N–H and O–H groups in total. The second kappa shape index (κ2) is 7.47. The Balaban J connectivity index is 2.06. The van der Waals surface area contributed by atoms with E-state index < -0.39 is 0 Å². The van der Waals surface area contributed by atoms with Gasteiger partial charge in [0.25, 0.3) is 5.91 Å². The second-order valence-electron chi connectivity index (χ2n) is 5.26. The van der Waals surface area contributed by atoms with E-state index >= 15 is 0 Å². The van der Waals surface area contributed by atoms with Gasteiger partial charge in [-0.05, 0) is 24.6 Å². The van der Waals surface area contributed by atoms with E-state index in [4.69, 9.17) is 5.11 Å². The SMILES string of the molecule is CC(CO)N(C)C(=O)c1cccc(CSc2nccn2C)c1. The fraction of sp³-hybridized carbons (Fsp3) is 0.375. The summed E-state index contributed by atoms with van der Waals surface area (Å²) < 4.78 is 1.97. The van der Waals surface area contributed by atoms with E-state index in [0.717, 1.165) is 16.5 Å². The van der Waals surface area contributed by atoms with Crippen LogP contribution in [0.4, 0.5) is 0 Å². The zero-order valence-corrected chi connectivity index (χ0v) is 13.9. The van der Waals surface area contributed by atoms with Gasteiger partial charge in [0.05, 0.1) is 12.6 Å². The first-order valence-corrected chi connectivity index (χ1v) is 8.08. The molecule has 2 aromatic rings. The summed E-state index contributed by atoms with van der Waals surface area (Å²) in [6.45, 7) is 1.77. The number of aliphatic hydroxyl groups excluding tert-OH is 1. The monoisotopic (exact) mass is 319 g/mol. The minimum absolute atomic E-state index is 0.0447. The van der Waals surface area contributed by atoms with Crippen LogP contribution in [0.2, 0.25) is 0 Å². The summed E-state index contributed by atoms with van der Waals surface area (Å²) in [7, 11) is 3.67. The predicted molar refractivity (Wildman–Crippen MR) is 87.9 cm³/mol. The lowest BCUT2D eigenvalue weighted by molar-refractivity contribution is 0.0682. The maximum atomic E-state index is 12.4. The smallest absolute Gasteiger partial charge is 0.253 e. The molecule has 0 aliphatic heterocycles. The van der Waals surface area contributed by atoms with Crippen LogP contribution in [0.25, 0.3) is 0 Å². The van der Waals surface area contributed by atoms with E-state index in [9.17, 15) is 4.79 Å². The summed E-state index contributed by atoms with van der Waals surface area (Å²) in [5.41, 5.74) is 1.71. The molecule has 0 saturated carbocycles. The van der Waals surface area contributed by atoms with Crippen LogP contribution < -0.4 is 0 Å². The molecule has 0 fully saturated rings. The van der Waals surface area contributed by atoms with Crippen molar-refractivity contribution in [2.75, 3.05) is 13.7 Å². The lowest BCUT2D eigenvalue weighted by atomic mass is 10.1. The van der Waals surface area contributed by atoms with Crippen molar-refractivity contribution in [1.82, 2.24) is 14.5 Å². The van der Waals surface area contributed by atoms with Crippen molar-refractivity contribution >= 4 is 17.7 Å². The highest BCUT2D eigenvalue weighted by molar-refractivity contribution is 7.98. The number of aliphatic hydroxyl groups is 1. The van der Waals surface area contributed by atoms with Gasteiger partial charge in [-0.1, -0.05) is 23.9 Å². The van der Waals surface area contributed by atoms with Crippen LogP contribution in [0.15, 0.2) is 41.8 Å². The van der Waals surface area contributed by atoms with Crippen LogP contribution in [0.5, 0.6) is 0 Å². The Kier molecular flexibility index (Phi) is 5.63. The number of aryl methyl sites for hydroxylation is 1. The number of hydrogen-bond acceptors (Lipinski definition) is 4. The Morgan fingerprint density at radius 3 is 2.91 bits per heavy atom. The lowest BCUT2D eigenvalue weighted by Crippen LogP contribution is -2.37. The van der Waals surface area contributed by atoms with Gasteiger partial charge in [0.2, 0.25) is 0 Å². The molecule has 22 heavy (non-hydrogen) atoms. The van der Waals surface area contributed by atoms with Gasteiger partial charge in [0.1, 0.15) is 0 Å². The van der Waals surface area contributed by atoms with E-state index in [1.54, 1.807) is 36.0 Å². The van der Waals surface area contributed by atoms with Crippen LogP contribution in [0.1, 0.15) is 22.8 Å². The molecule has 118 valence electrons. The quantitative estimate of drug-likeness (QED) is 0.829. The summed E-state index contributed by atoms with van der Waals surface area (Å²) in [6, 6.07) is 7.40. The first-order valence-electron chi connectivity index (χ1n) is 7.10. The Hall–Kier alpha value is -1.79. The number of aromatic nitrogens is 2. The highest BCUT2D eigenvalue weighted by Crippen LogP contribution is 2.21. The molecule has 1 aromatic carbocycles. The number of carbonyl (C=O) groups excluding carboxylic acids is 1. The minimum atomic E-state index is -0.196. The first-order chi connectivity index (χ1) is 10.5. The highest BCUT2D eigenvalue weighted by Gasteiger charge is 2.17. The number of carbonyl (C=O) groups is 1. The average Bonchev–Trinajstić information content (AvgIpc) is 2.96. The van der Waals surface area contributed by atoms with Gasteiger partial charge in [-0.25, -0.2) is 4.98 Å². The van der Waals surface area contributed by atoms with Gasteiger partial charge < -0.3 is 14.6 Å². The number of imidazole rings is 1. The fourth-order valence-corrected chi connectivity index (χ4v) is 2.83. The minimum Gasteiger partial charge on any atom is -0.394 e. The second-order valence-corrected chi connectivity index (χ2v) is 6.20. The molecular weight excluding hydrogens is 298 g/mol. The predicted octanol–water partition coefficient (Wildman–Crippen LogP) is 2.17. The third-order valence-corrected chi connectivity index (χ3v) is 4.69. The van der Waals surface area contributed by atoms with Crippen LogP contribution in [-0.4, -0.2) is 45.2 Å². The number of benzene rings is 1. The Morgan fingerprint density at radius 1 is 1.50 bits per heavy atom. The summed E-state index contributed by atoms with van der Waals surface area (Å²) in [4.78, 5) is 18.2. The largest absolute Gasteiger partial charge is 0.394 e. The summed E-state index contributed by atoms with van der Waals surface area (Å²) in [5, 5.41) is 10.1. The van der Waals surface area contributed by atoms with Crippen molar-refractivity contribution in [1.29, 1.82) is 0 Å². The number of rotatable bonds is 6. The molecule has 0 aliphatic carbocycles. The Labute approximate surface area is 135 Å². The Bertz CT molecular complexity index is 642. The van der Waals surface area contributed by atoms with Gasteiger partial charge in [-0.2, -0.15) is 0 Å². The molecule has 1 atom stereocenters. The molecule has 1 heterocycles. The zero-order chi connectivity index (χ0) is 16.1. The van der Waals surface area contributed by atoms with Gasteiger partial charge in [0, 0.05) is 37.8 Å². The zero-order valence-electron chi connectivity index (χ0n) is 13.1. The normalized spacial score (nSPS) is 12.2. The van der Waals surface area contributed by atoms with E-state index in [-0.39, 0.29) is 18.6 Å². The molecular formula is C16H21N3O2S. The topological polar surface area (TPSA) is 58.4 Å². The maximum absolute atomic E-state index is 12.4. The number of thioether (sulfide) groups is 1. The Morgan fingerprint density at radius 2 is 2.27 bits per heavy atom. The summed E-state index contributed by atoms with van der Waals surface area (Å²) in [6.07, 6.45) is 3.68. The molecule has 0 aliphatic rings. The maximum Gasteiger partial charge on any atom is 0.253 e. The number of hydrogen-bond donors (Lipinski definition) is 1. The summed E-state index contributed by atoms with van der Waals surface area (Å²) in [5.74, 6) is 0.677. The standard InChI is InChI=1S/C16H21N3O2S/c1-12(10-20)19(3)15(21)14-6-4-5-13(9-14)11-22-16-17-7-8-18(16)2/h4-9,12,20H,10-11H2,1-3H3. The molecule has 6 heteroatoms.